The second kappa shape index (κ2) is 8.49. The number of likely N-dealkylation sites (N-methyl/N-ethyl adjacent to an activating group) is 1. The predicted octanol–water partition coefficient (Wildman–Crippen LogP) is 3.60. The summed E-state index contributed by atoms with van der Waals surface area (Å²) in [5.41, 5.74) is 3.48. The summed E-state index contributed by atoms with van der Waals surface area (Å²) in [5.74, 6) is 0.649. The molecule has 1 amide bonds. The van der Waals surface area contributed by atoms with E-state index < -0.39 is 5.97 Å². The first-order valence-electron chi connectivity index (χ1n) is 9.82. The zero-order valence-corrected chi connectivity index (χ0v) is 17.0. The second-order valence-electron chi connectivity index (χ2n) is 7.19. The lowest BCUT2D eigenvalue weighted by molar-refractivity contribution is -0.151. The third-order valence-electron chi connectivity index (χ3n) is 5.05. The van der Waals surface area contributed by atoms with E-state index in [0.29, 0.717) is 24.6 Å². The number of hydrogen-bond donors (Lipinski definition) is 0. The van der Waals surface area contributed by atoms with Crippen molar-refractivity contribution in [3.63, 3.8) is 0 Å². The van der Waals surface area contributed by atoms with Crippen LogP contribution in [-0.2, 0) is 27.3 Å². The van der Waals surface area contributed by atoms with Crippen molar-refractivity contribution in [3.05, 3.63) is 59.4 Å². The number of ether oxygens (including phenoxy) is 3. The average molecular weight is 409 g/mol. The van der Waals surface area contributed by atoms with Gasteiger partial charge in [0.05, 0.1) is 12.7 Å². The predicted molar refractivity (Wildman–Crippen MR) is 109 cm³/mol. The number of esters is 1. The fourth-order valence-corrected chi connectivity index (χ4v) is 3.40. The third kappa shape index (κ3) is 4.25. The van der Waals surface area contributed by atoms with Crippen LogP contribution in [0.5, 0.6) is 11.5 Å². The van der Waals surface area contributed by atoms with E-state index in [1.807, 2.05) is 50.2 Å². The van der Waals surface area contributed by atoms with Crippen LogP contribution in [-0.4, -0.2) is 36.7 Å². The van der Waals surface area contributed by atoms with Crippen molar-refractivity contribution in [2.45, 2.75) is 26.8 Å². The standard InChI is InChI=1S/C23H23NO6/c1-3-24(11-16-5-7-19-21(9-16)30-14-29-19)22(25)13-28-23(26)10-17-12-27-20-8-15(2)4-6-18(17)20/h4-9,12H,3,10-11,13-14H2,1-2H3. The molecule has 0 saturated heterocycles. The smallest absolute Gasteiger partial charge is 0.310 e. The summed E-state index contributed by atoms with van der Waals surface area (Å²) in [4.78, 5) is 26.4. The molecule has 1 aliphatic rings. The summed E-state index contributed by atoms with van der Waals surface area (Å²) in [6, 6.07) is 11.4. The molecule has 1 aliphatic heterocycles. The van der Waals surface area contributed by atoms with Gasteiger partial charge in [-0.2, -0.15) is 0 Å². The largest absolute Gasteiger partial charge is 0.464 e. The summed E-state index contributed by atoms with van der Waals surface area (Å²) >= 11 is 0. The maximum Gasteiger partial charge on any atom is 0.310 e. The highest BCUT2D eigenvalue weighted by atomic mass is 16.7. The maximum atomic E-state index is 12.5. The van der Waals surface area contributed by atoms with Crippen LogP contribution in [0.4, 0.5) is 0 Å². The van der Waals surface area contributed by atoms with E-state index in [1.165, 1.54) is 0 Å². The lowest BCUT2D eigenvalue weighted by Crippen LogP contribution is -2.34. The molecular formula is C23H23NO6. The number of rotatable bonds is 7. The number of nitrogens with zero attached hydrogens (tertiary/aromatic N) is 1. The molecule has 156 valence electrons. The van der Waals surface area contributed by atoms with E-state index in [1.54, 1.807) is 11.2 Å². The van der Waals surface area contributed by atoms with E-state index >= 15 is 0 Å². The monoisotopic (exact) mass is 409 g/mol. The Bertz CT molecular complexity index is 1090. The number of benzene rings is 2. The van der Waals surface area contributed by atoms with Gasteiger partial charge in [-0.25, -0.2) is 0 Å². The highest BCUT2D eigenvalue weighted by Crippen LogP contribution is 2.32. The van der Waals surface area contributed by atoms with Gasteiger partial charge in [0.25, 0.3) is 5.91 Å². The SMILES string of the molecule is CCN(Cc1ccc2c(c1)OCO2)C(=O)COC(=O)Cc1coc2cc(C)ccc12. The molecule has 7 heteroatoms. The molecule has 0 radical (unpaired) electrons. The fourth-order valence-electron chi connectivity index (χ4n) is 3.40. The third-order valence-corrected chi connectivity index (χ3v) is 5.05. The Morgan fingerprint density at radius 1 is 1.10 bits per heavy atom. The molecule has 30 heavy (non-hydrogen) atoms. The number of amides is 1. The zero-order chi connectivity index (χ0) is 21.1. The molecule has 0 spiro atoms. The number of carbonyl (C=O) groups excluding carboxylic acids is 2. The van der Waals surface area contributed by atoms with Crippen LogP contribution in [0.1, 0.15) is 23.6 Å². The van der Waals surface area contributed by atoms with Gasteiger partial charge >= 0.3 is 5.97 Å². The van der Waals surface area contributed by atoms with Crippen LogP contribution >= 0.6 is 0 Å². The van der Waals surface area contributed by atoms with Crippen LogP contribution in [0.2, 0.25) is 0 Å². The summed E-state index contributed by atoms with van der Waals surface area (Å²) in [6.07, 6.45) is 1.61. The van der Waals surface area contributed by atoms with Crippen molar-refractivity contribution in [2.24, 2.45) is 0 Å². The molecule has 3 aromatic rings. The topological polar surface area (TPSA) is 78.2 Å². The van der Waals surface area contributed by atoms with Crippen LogP contribution in [0.25, 0.3) is 11.0 Å². The molecule has 7 nitrogen and oxygen atoms in total. The van der Waals surface area contributed by atoms with Gasteiger partial charge in [-0.1, -0.05) is 18.2 Å². The highest BCUT2D eigenvalue weighted by Gasteiger charge is 2.19. The number of furan rings is 1. The second-order valence-corrected chi connectivity index (χ2v) is 7.19. The first-order chi connectivity index (χ1) is 14.5. The summed E-state index contributed by atoms with van der Waals surface area (Å²) in [7, 11) is 0. The van der Waals surface area contributed by atoms with Gasteiger partial charge in [-0.3, -0.25) is 9.59 Å². The lowest BCUT2D eigenvalue weighted by Gasteiger charge is -2.21. The van der Waals surface area contributed by atoms with E-state index in [9.17, 15) is 9.59 Å². The van der Waals surface area contributed by atoms with Gasteiger partial charge < -0.3 is 23.5 Å². The van der Waals surface area contributed by atoms with Crippen molar-refractivity contribution in [1.29, 1.82) is 0 Å². The lowest BCUT2D eigenvalue weighted by atomic mass is 10.1. The Kier molecular flexibility index (Phi) is 5.61. The van der Waals surface area contributed by atoms with Gasteiger partial charge in [0.2, 0.25) is 6.79 Å². The van der Waals surface area contributed by atoms with Crippen LogP contribution < -0.4 is 9.47 Å². The Labute approximate surface area is 174 Å². The Hall–Kier alpha value is -3.48. The van der Waals surface area contributed by atoms with Gasteiger partial charge in [-0.05, 0) is 43.2 Å². The fraction of sp³-hybridized carbons (Fsp3) is 0.304. The van der Waals surface area contributed by atoms with Crippen molar-refractivity contribution in [2.75, 3.05) is 19.9 Å². The van der Waals surface area contributed by atoms with Gasteiger partial charge in [0.15, 0.2) is 18.1 Å². The van der Waals surface area contributed by atoms with E-state index in [4.69, 9.17) is 18.6 Å². The molecule has 0 saturated carbocycles. The average Bonchev–Trinajstić information content (AvgIpc) is 3.36. The molecule has 0 fully saturated rings. The molecule has 0 bridgehead atoms. The van der Waals surface area contributed by atoms with Crippen LogP contribution in [0, 0.1) is 6.92 Å². The number of hydrogen-bond acceptors (Lipinski definition) is 6. The number of carbonyl (C=O) groups is 2. The Morgan fingerprint density at radius 2 is 1.93 bits per heavy atom. The molecule has 2 aromatic carbocycles. The molecule has 0 aliphatic carbocycles. The Balaban J connectivity index is 1.32. The zero-order valence-electron chi connectivity index (χ0n) is 17.0. The van der Waals surface area contributed by atoms with Crippen molar-refractivity contribution in [3.8, 4) is 11.5 Å². The first kappa shape index (κ1) is 19.8. The van der Waals surface area contributed by atoms with Crippen molar-refractivity contribution in [1.82, 2.24) is 4.90 Å². The summed E-state index contributed by atoms with van der Waals surface area (Å²) in [5, 5.41) is 0.877. The van der Waals surface area contributed by atoms with E-state index in [2.05, 4.69) is 0 Å². The number of fused-ring (bicyclic) bond motifs is 2. The maximum absolute atomic E-state index is 12.5. The van der Waals surface area contributed by atoms with E-state index in [-0.39, 0.29) is 25.7 Å². The molecule has 0 atom stereocenters. The normalized spacial score (nSPS) is 12.2. The number of aryl methyl sites for hydroxylation is 1. The van der Waals surface area contributed by atoms with Crippen molar-refractivity contribution < 1.29 is 28.2 Å². The van der Waals surface area contributed by atoms with Gasteiger partial charge in [0, 0.05) is 24.0 Å². The minimum atomic E-state index is -0.467. The quantitative estimate of drug-likeness (QED) is 0.555. The summed E-state index contributed by atoms with van der Waals surface area (Å²) in [6.45, 7) is 4.66. The highest BCUT2D eigenvalue weighted by molar-refractivity contribution is 5.87. The van der Waals surface area contributed by atoms with Gasteiger partial charge in [0.1, 0.15) is 5.58 Å². The van der Waals surface area contributed by atoms with Crippen molar-refractivity contribution >= 4 is 22.8 Å². The first-order valence-corrected chi connectivity index (χ1v) is 9.82. The molecule has 0 N–H and O–H groups in total. The van der Waals surface area contributed by atoms with E-state index in [0.717, 1.165) is 27.7 Å². The van der Waals surface area contributed by atoms with Gasteiger partial charge in [-0.15, -0.1) is 0 Å². The molecular weight excluding hydrogens is 386 g/mol. The molecule has 1 aromatic heterocycles. The minimum Gasteiger partial charge on any atom is -0.464 e. The summed E-state index contributed by atoms with van der Waals surface area (Å²) < 4.78 is 21.4. The molecule has 2 heterocycles. The van der Waals surface area contributed by atoms with Crippen LogP contribution in [0.15, 0.2) is 47.1 Å². The minimum absolute atomic E-state index is 0.0532. The molecule has 0 unspecified atom stereocenters. The van der Waals surface area contributed by atoms with Crippen LogP contribution in [0.3, 0.4) is 0 Å². The Morgan fingerprint density at radius 3 is 2.77 bits per heavy atom. The molecule has 4 rings (SSSR count).